The third-order valence-electron chi connectivity index (χ3n) is 3.81. The third-order valence-corrected chi connectivity index (χ3v) is 4.11. The quantitative estimate of drug-likeness (QED) is 0.938. The topological polar surface area (TPSA) is 45.2 Å². The van der Waals surface area contributed by atoms with E-state index in [4.69, 9.17) is 11.6 Å². The van der Waals surface area contributed by atoms with Crippen LogP contribution in [0, 0.1) is 0 Å². The maximum absolute atomic E-state index is 12.3. The van der Waals surface area contributed by atoms with E-state index in [1.807, 2.05) is 18.2 Å². The molecule has 2 heterocycles. The summed E-state index contributed by atoms with van der Waals surface area (Å²) in [6, 6.07) is 9.58. The highest BCUT2D eigenvalue weighted by atomic mass is 35.5. The van der Waals surface area contributed by atoms with Gasteiger partial charge in [-0.15, -0.1) is 0 Å². The highest BCUT2D eigenvalue weighted by molar-refractivity contribution is 6.34. The molecular weight excluding hydrogens is 298 g/mol. The minimum absolute atomic E-state index is 0.217. The molecule has 114 valence electrons. The number of likely N-dealkylation sites (tertiary alicyclic amines) is 1. The first-order chi connectivity index (χ1) is 10.7. The molecule has 3 rings (SSSR count). The molecule has 0 saturated carbocycles. The van der Waals surface area contributed by atoms with Gasteiger partial charge in [-0.3, -0.25) is 14.7 Å². The number of pyridine rings is 1. The number of amides is 1. The van der Waals surface area contributed by atoms with E-state index in [9.17, 15) is 4.79 Å². The first-order valence-corrected chi connectivity index (χ1v) is 7.82. The van der Waals surface area contributed by atoms with Crippen LogP contribution in [-0.4, -0.2) is 28.9 Å². The van der Waals surface area contributed by atoms with E-state index >= 15 is 0 Å². The van der Waals surface area contributed by atoms with Crippen LogP contribution in [0.4, 0.5) is 5.69 Å². The summed E-state index contributed by atoms with van der Waals surface area (Å²) in [4.78, 5) is 18.6. The predicted molar refractivity (Wildman–Crippen MR) is 88.2 cm³/mol. The first kappa shape index (κ1) is 15.0. The fourth-order valence-electron chi connectivity index (χ4n) is 2.70. The van der Waals surface area contributed by atoms with E-state index < -0.39 is 0 Å². The molecule has 0 unspecified atom stereocenters. The Morgan fingerprint density at radius 1 is 1.27 bits per heavy atom. The van der Waals surface area contributed by atoms with Crippen LogP contribution in [0.15, 0.2) is 42.7 Å². The molecule has 2 aromatic rings. The molecule has 0 spiro atoms. The zero-order chi connectivity index (χ0) is 15.4. The number of carbonyl (C=O) groups excluding carboxylic acids is 1. The van der Waals surface area contributed by atoms with Gasteiger partial charge in [0.05, 0.1) is 10.6 Å². The largest absolute Gasteiger partial charge is 0.322 e. The Balaban J connectivity index is 1.69. The van der Waals surface area contributed by atoms with Gasteiger partial charge in [0, 0.05) is 24.6 Å². The molecule has 1 aliphatic rings. The van der Waals surface area contributed by atoms with E-state index in [0.717, 1.165) is 25.3 Å². The molecule has 1 aromatic heterocycles. The molecule has 1 N–H and O–H groups in total. The summed E-state index contributed by atoms with van der Waals surface area (Å²) in [5.74, 6) is -0.217. The van der Waals surface area contributed by atoms with Crippen molar-refractivity contribution in [3.63, 3.8) is 0 Å². The summed E-state index contributed by atoms with van der Waals surface area (Å²) in [7, 11) is 0. The number of rotatable bonds is 4. The van der Waals surface area contributed by atoms with Gasteiger partial charge in [-0.05, 0) is 49.7 Å². The van der Waals surface area contributed by atoms with Crippen LogP contribution in [0.3, 0.4) is 0 Å². The Labute approximate surface area is 135 Å². The van der Waals surface area contributed by atoms with Crippen LogP contribution in [-0.2, 0) is 6.54 Å². The van der Waals surface area contributed by atoms with Crippen molar-refractivity contribution in [2.45, 2.75) is 19.4 Å². The number of benzene rings is 1. The highest BCUT2D eigenvalue weighted by Gasteiger charge is 2.13. The summed E-state index contributed by atoms with van der Waals surface area (Å²) in [5.41, 5.74) is 2.43. The fraction of sp³-hybridized carbons (Fsp3) is 0.294. The molecule has 1 aromatic carbocycles. The number of nitrogens with zero attached hydrogens (tertiary/aromatic N) is 2. The molecule has 0 atom stereocenters. The number of carbonyl (C=O) groups is 1. The zero-order valence-corrected chi connectivity index (χ0v) is 13.0. The van der Waals surface area contributed by atoms with Crippen LogP contribution >= 0.6 is 11.6 Å². The minimum Gasteiger partial charge on any atom is -0.322 e. The monoisotopic (exact) mass is 315 g/mol. The highest BCUT2D eigenvalue weighted by Crippen LogP contribution is 2.19. The van der Waals surface area contributed by atoms with Crippen molar-refractivity contribution >= 4 is 23.2 Å². The summed E-state index contributed by atoms with van der Waals surface area (Å²) in [6.07, 6.45) is 5.58. The van der Waals surface area contributed by atoms with E-state index in [1.54, 1.807) is 12.3 Å². The number of hydrogen-bond acceptors (Lipinski definition) is 3. The molecule has 22 heavy (non-hydrogen) atoms. The van der Waals surface area contributed by atoms with Gasteiger partial charge in [0.25, 0.3) is 5.91 Å². The molecule has 0 radical (unpaired) electrons. The maximum Gasteiger partial charge on any atom is 0.257 e. The van der Waals surface area contributed by atoms with Crippen molar-refractivity contribution in [2.75, 3.05) is 18.4 Å². The lowest BCUT2D eigenvalue weighted by atomic mass is 10.1. The molecule has 4 nitrogen and oxygen atoms in total. The Kier molecular flexibility index (Phi) is 4.71. The Morgan fingerprint density at radius 2 is 2.09 bits per heavy atom. The van der Waals surface area contributed by atoms with Gasteiger partial charge in [0.2, 0.25) is 0 Å². The third kappa shape index (κ3) is 3.64. The molecule has 1 fully saturated rings. The van der Waals surface area contributed by atoms with E-state index in [-0.39, 0.29) is 5.91 Å². The fourth-order valence-corrected chi connectivity index (χ4v) is 2.91. The van der Waals surface area contributed by atoms with Crippen LogP contribution in [0.5, 0.6) is 0 Å². The average Bonchev–Trinajstić information content (AvgIpc) is 3.01. The number of anilines is 1. The predicted octanol–water partition coefficient (Wildman–Crippen LogP) is 3.58. The van der Waals surface area contributed by atoms with E-state index in [1.165, 1.54) is 24.6 Å². The molecule has 1 amide bonds. The lowest BCUT2D eigenvalue weighted by Gasteiger charge is -2.15. The number of hydrogen-bond donors (Lipinski definition) is 1. The van der Waals surface area contributed by atoms with Crippen LogP contribution in [0.25, 0.3) is 0 Å². The summed E-state index contributed by atoms with van der Waals surface area (Å²) in [6.45, 7) is 3.24. The van der Waals surface area contributed by atoms with Gasteiger partial charge in [-0.1, -0.05) is 23.7 Å². The molecular formula is C17H18ClN3O. The first-order valence-electron chi connectivity index (χ1n) is 7.44. The lowest BCUT2D eigenvalue weighted by Crippen LogP contribution is -2.18. The second-order valence-electron chi connectivity index (χ2n) is 5.49. The average molecular weight is 316 g/mol. The van der Waals surface area contributed by atoms with Crippen molar-refractivity contribution in [2.24, 2.45) is 0 Å². The second kappa shape index (κ2) is 6.90. The number of halogens is 1. The van der Waals surface area contributed by atoms with Gasteiger partial charge in [0.15, 0.2) is 0 Å². The van der Waals surface area contributed by atoms with Gasteiger partial charge in [-0.2, -0.15) is 0 Å². The number of nitrogens with one attached hydrogen (secondary N) is 1. The minimum atomic E-state index is -0.217. The van der Waals surface area contributed by atoms with Gasteiger partial charge in [0.1, 0.15) is 0 Å². The smallest absolute Gasteiger partial charge is 0.257 e. The van der Waals surface area contributed by atoms with E-state index in [2.05, 4.69) is 21.3 Å². The second-order valence-corrected chi connectivity index (χ2v) is 5.90. The standard InChI is InChI=1S/C17H18ClN3O/c18-16-11-19-7-6-15(16)17(22)20-14-5-3-4-13(10-14)12-21-8-1-2-9-21/h3-7,10-11H,1-2,8-9,12H2,(H,20,22). The summed E-state index contributed by atoms with van der Waals surface area (Å²) >= 11 is 6.00. The zero-order valence-electron chi connectivity index (χ0n) is 12.3. The van der Waals surface area contributed by atoms with Crippen LogP contribution in [0.2, 0.25) is 5.02 Å². The van der Waals surface area contributed by atoms with Crippen molar-refractivity contribution < 1.29 is 4.79 Å². The Bertz CT molecular complexity index is 668. The van der Waals surface area contributed by atoms with Crippen LogP contribution < -0.4 is 5.32 Å². The van der Waals surface area contributed by atoms with Crippen LogP contribution in [0.1, 0.15) is 28.8 Å². The van der Waals surface area contributed by atoms with Crippen molar-refractivity contribution in [1.29, 1.82) is 0 Å². The molecule has 0 aliphatic carbocycles. The molecule has 1 saturated heterocycles. The molecule has 0 bridgehead atoms. The SMILES string of the molecule is O=C(Nc1cccc(CN2CCCC2)c1)c1ccncc1Cl. The summed E-state index contributed by atoms with van der Waals surface area (Å²) < 4.78 is 0. The van der Waals surface area contributed by atoms with Gasteiger partial charge < -0.3 is 5.32 Å². The maximum atomic E-state index is 12.3. The normalized spacial score (nSPS) is 15.0. The Hall–Kier alpha value is -1.91. The summed E-state index contributed by atoms with van der Waals surface area (Å²) in [5, 5.41) is 3.25. The van der Waals surface area contributed by atoms with Crippen molar-refractivity contribution in [3.05, 3.63) is 58.9 Å². The van der Waals surface area contributed by atoms with E-state index in [0.29, 0.717) is 10.6 Å². The van der Waals surface area contributed by atoms with Gasteiger partial charge >= 0.3 is 0 Å². The molecule has 5 heteroatoms. The van der Waals surface area contributed by atoms with Crippen molar-refractivity contribution in [1.82, 2.24) is 9.88 Å². The lowest BCUT2D eigenvalue weighted by molar-refractivity contribution is 0.102. The van der Waals surface area contributed by atoms with Crippen molar-refractivity contribution in [3.8, 4) is 0 Å². The van der Waals surface area contributed by atoms with Gasteiger partial charge in [-0.25, -0.2) is 0 Å². The molecule has 1 aliphatic heterocycles. The Morgan fingerprint density at radius 3 is 2.86 bits per heavy atom. The number of aromatic nitrogens is 1.